The number of aliphatic hydroxyl groups is 2. The minimum Gasteiger partial charge on any atom is -0.396 e. The van der Waals surface area contributed by atoms with Crippen molar-refractivity contribution in [3.63, 3.8) is 0 Å². The highest BCUT2D eigenvalue weighted by Crippen LogP contribution is 2.33. The van der Waals surface area contributed by atoms with Crippen LogP contribution in [0.25, 0.3) is 0 Å². The lowest BCUT2D eigenvalue weighted by Crippen LogP contribution is -2.50. The summed E-state index contributed by atoms with van der Waals surface area (Å²) in [4.78, 5) is 25.1. The summed E-state index contributed by atoms with van der Waals surface area (Å²) in [5.74, 6) is -0.469. The molecule has 2 amide bonds. The fourth-order valence-corrected chi connectivity index (χ4v) is 3.30. The van der Waals surface area contributed by atoms with Gasteiger partial charge in [-0.15, -0.1) is 0 Å². The van der Waals surface area contributed by atoms with Gasteiger partial charge < -0.3 is 20.4 Å². The molecule has 1 aliphatic heterocycles. The summed E-state index contributed by atoms with van der Waals surface area (Å²) in [6.45, 7) is 2.62. The molecule has 2 unspecified atom stereocenters. The van der Waals surface area contributed by atoms with Crippen LogP contribution in [-0.4, -0.2) is 53.2 Å². The third-order valence-electron chi connectivity index (χ3n) is 4.93. The Morgan fingerprint density at radius 1 is 1.33 bits per heavy atom. The summed E-state index contributed by atoms with van der Waals surface area (Å²) in [5, 5.41) is 22.5. The fraction of sp³-hybridized carbons (Fsp3) is 0.556. The lowest BCUT2D eigenvalue weighted by molar-refractivity contribution is -0.140. The molecule has 24 heavy (non-hydrogen) atoms. The van der Waals surface area contributed by atoms with Crippen LogP contribution in [0.3, 0.4) is 0 Å². The number of aliphatic hydroxyl groups excluding tert-OH is 1. The van der Waals surface area contributed by atoms with Gasteiger partial charge in [0.05, 0.1) is 11.5 Å². The van der Waals surface area contributed by atoms with E-state index < -0.39 is 11.5 Å². The van der Waals surface area contributed by atoms with Crippen molar-refractivity contribution in [2.24, 2.45) is 5.92 Å². The van der Waals surface area contributed by atoms with Crippen molar-refractivity contribution in [2.75, 3.05) is 19.7 Å². The van der Waals surface area contributed by atoms with Crippen LogP contribution in [-0.2, 0) is 15.2 Å². The van der Waals surface area contributed by atoms with Crippen LogP contribution in [0.4, 0.5) is 0 Å². The Morgan fingerprint density at radius 2 is 1.96 bits per heavy atom. The molecule has 2 atom stereocenters. The second kappa shape index (κ2) is 8.26. The first-order chi connectivity index (χ1) is 11.5. The van der Waals surface area contributed by atoms with E-state index in [2.05, 4.69) is 5.32 Å². The van der Waals surface area contributed by atoms with Crippen molar-refractivity contribution in [3.8, 4) is 0 Å². The zero-order valence-electron chi connectivity index (χ0n) is 14.0. The van der Waals surface area contributed by atoms with Crippen LogP contribution >= 0.6 is 0 Å². The molecule has 0 saturated carbocycles. The Morgan fingerprint density at radius 3 is 2.50 bits per heavy atom. The van der Waals surface area contributed by atoms with Gasteiger partial charge in [-0.3, -0.25) is 9.59 Å². The highest BCUT2D eigenvalue weighted by atomic mass is 16.3. The first-order valence-electron chi connectivity index (χ1n) is 8.39. The van der Waals surface area contributed by atoms with E-state index in [-0.39, 0.29) is 18.6 Å². The average Bonchev–Trinajstić information content (AvgIpc) is 2.62. The highest BCUT2D eigenvalue weighted by molar-refractivity contribution is 5.79. The first kappa shape index (κ1) is 18.4. The number of carbonyl (C=O) groups is 2. The maximum atomic E-state index is 12.6. The lowest BCUT2D eigenvalue weighted by atomic mass is 9.84. The maximum Gasteiger partial charge on any atom is 0.227 e. The Bertz CT molecular complexity index is 541. The number of nitrogens with one attached hydrogen (secondary N) is 1. The molecule has 6 heteroatoms. The molecular weight excluding hydrogens is 308 g/mol. The molecular formula is C18H26N2O4. The van der Waals surface area contributed by atoms with Crippen LogP contribution in [0.2, 0.25) is 0 Å². The topological polar surface area (TPSA) is 89.9 Å². The minimum absolute atomic E-state index is 0.0575. The van der Waals surface area contributed by atoms with E-state index in [1.54, 1.807) is 11.8 Å². The number of piperidine rings is 1. The predicted molar refractivity (Wildman–Crippen MR) is 90.0 cm³/mol. The Hall–Kier alpha value is -1.92. The van der Waals surface area contributed by atoms with Gasteiger partial charge in [-0.05, 0) is 24.8 Å². The Balaban J connectivity index is 1.98. The van der Waals surface area contributed by atoms with E-state index in [0.717, 1.165) is 5.56 Å². The van der Waals surface area contributed by atoms with Crippen LogP contribution in [0, 0.1) is 5.92 Å². The summed E-state index contributed by atoms with van der Waals surface area (Å²) >= 11 is 0. The van der Waals surface area contributed by atoms with Gasteiger partial charge in [0, 0.05) is 25.7 Å². The SMILES string of the molecule is CC(C(=O)N1CCC(O)(c2ccccc2)CC1)C(CCO)NC=O. The van der Waals surface area contributed by atoms with Gasteiger partial charge in [0.25, 0.3) is 0 Å². The van der Waals surface area contributed by atoms with Crippen molar-refractivity contribution < 1.29 is 19.8 Å². The number of rotatable bonds is 7. The van der Waals surface area contributed by atoms with Crippen molar-refractivity contribution >= 4 is 12.3 Å². The molecule has 6 nitrogen and oxygen atoms in total. The van der Waals surface area contributed by atoms with Crippen LogP contribution in [0.5, 0.6) is 0 Å². The number of hydrogen-bond donors (Lipinski definition) is 3. The van der Waals surface area contributed by atoms with Crippen molar-refractivity contribution in [3.05, 3.63) is 35.9 Å². The summed E-state index contributed by atoms with van der Waals surface area (Å²) in [6, 6.07) is 9.15. The zero-order valence-corrected chi connectivity index (χ0v) is 14.0. The Labute approximate surface area is 142 Å². The molecule has 1 fully saturated rings. The van der Waals surface area contributed by atoms with Gasteiger partial charge in [-0.2, -0.15) is 0 Å². The normalized spacial score (nSPS) is 19.4. The molecule has 0 bridgehead atoms. The van der Waals surface area contributed by atoms with E-state index in [1.165, 1.54) is 0 Å². The molecule has 132 valence electrons. The molecule has 0 aliphatic carbocycles. The van der Waals surface area contributed by atoms with E-state index in [4.69, 9.17) is 5.11 Å². The van der Waals surface area contributed by atoms with E-state index in [1.807, 2.05) is 30.3 Å². The quantitative estimate of drug-likeness (QED) is 0.638. The molecule has 0 aromatic heterocycles. The largest absolute Gasteiger partial charge is 0.396 e. The summed E-state index contributed by atoms with van der Waals surface area (Å²) in [6.07, 6.45) is 1.88. The van der Waals surface area contributed by atoms with Crippen molar-refractivity contribution in [1.82, 2.24) is 10.2 Å². The summed E-state index contributed by atoms with van der Waals surface area (Å²) < 4.78 is 0. The van der Waals surface area contributed by atoms with Gasteiger partial charge in [-0.1, -0.05) is 37.3 Å². The number of nitrogens with zero attached hydrogens (tertiary/aromatic N) is 1. The molecule has 1 aliphatic rings. The van der Waals surface area contributed by atoms with Gasteiger partial charge >= 0.3 is 0 Å². The van der Waals surface area contributed by atoms with Crippen LogP contribution < -0.4 is 5.32 Å². The lowest BCUT2D eigenvalue weighted by Gasteiger charge is -2.40. The third-order valence-corrected chi connectivity index (χ3v) is 4.93. The van der Waals surface area contributed by atoms with Gasteiger partial charge in [0.2, 0.25) is 12.3 Å². The number of benzene rings is 1. The van der Waals surface area contributed by atoms with Gasteiger partial charge in [-0.25, -0.2) is 0 Å². The summed E-state index contributed by atoms with van der Waals surface area (Å²) in [5.41, 5.74) is -0.0155. The summed E-state index contributed by atoms with van der Waals surface area (Å²) in [7, 11) is 0. The second-order valence-corrected chi connectivity index (χ2v) is 6.41. The predicted octanol–water partition coefficient (Wildman–Crippen LogP) is 0.630. The van der Waals surface area contributed by atoms with Crippen LogP contribution in [0.1, 0.15) is 31.7 Å². The number of carbonyl (C=O) groups excluding carboxylic acids is 2. The molecule has 1 aromatic carbocycles. The van der Waals surface area contributed by atoms with E-state index in [0.29, 0.717) is 38.8 Å². The van der Waals surface area contributed by atoms with Crippen LogP contribution in [0.15, 0.2) is 30.3 Å². The number of amides is 2. The minimum atomic E-state index is -0.896. The molecule has 1 aromatic rings. The van der Waals surface area contributed by atoms with Crippen molar-refractivity contribution in [2.45, 2.75) is 37.8 Å². The number of likely N-dealkylation sites (tertiary alicyclic amines) is 1. The first-order valence-corrected chi connectivity index (χ1v) is 8.39. The number of hydrogen-bond acceptors (Lipinski definition) is 4. The second-order valence-electron chi connectivity index (χ2n) is 6.41. The molecule has 0 spiro atoms. The highest BCUT2D eigenvalue weighted by Gasteiger charge is 2.37. The molecule has 1 saturated heterocycles. The van der Waals surface area contributed by atoms with Gasteiger partial charge in [0.15, 0.2) is 0 Å². The van der Waals surface area contributed by atoms with Crippen molar-refractivity contribution in [1.29, 1.82) is 0 Å². The zero-order chi connectivity index (χ0) is 17.6. The third kappa shape index (κ3) is 4.13. The van der Waals surface area contributed by atoms with Gasteiger partial charge in [0.1, 0.15) is 0 Å². The Kier molecular flexibility index (Phi) is 6.34. The monoisotopic (exact) mass is 334 g/mol. The maximum absolute atomic E-state index is 12.6. The standard InChI is InChI=1S/C18H26N2O4/c1-14(16(7-12-21)19-13-22)17(23)20-10-8-18(24,9-11-20)15-5-3-2-4-6-15/h2-6,13-14,16,21,24H,7-12H2,1H3,(H,19,22). The average molecular weight is 334 g/mol. The smallest absolute Gasteiger partial charge is 0.227 e. The molecule has 1 heterocycles. The van der Waals surface area contributed by atoms with E-state index in [9.17, 15) is 14.7 Å². The molecule has 2 rings (SSSR count). The van der Waals surface area contributed by atoms with E-state index >= 15 is 0 Å². The molecule has 3 N–H and O–H groups in total. The fourth-order valence-electron chi connectivity index (χ4n) is 3.30. The molecule has 0 radical (unpaired) electrons.